The molecule has 2 rings (SSSR count). The van der Waals surface area contributed by atoms with Crippen molar-refractivity contribution in [2.75, 3.05) is 13.2 Å². The van der Waals surface area contributed by atoms with Gasteiger partial charge in [-0.1, -0.05) is 18.2 Å². The predicted octanol–water partition coefficient (Wildman–Crippen LogP) is 1.79. The van der Waals surface area contributed by atoms with Gasteiger partial charge in [-0.25, -0.2) is 4.39 Å². The Morgan fingerprint density at radius 3 is 2.83 bits per heavy atom. The van der Waals surface area contributed by atoms with Crippen molar-refractivity contribution in [2.24, 2.45) is 11.7 Å². The molecule has 1 aromatic rings. The van der Waals surface area contributed by atoms with E-state index in [-0.39, 0.29) is 24.4 Å². The van der Waals surface area contributed by atoms with Crippen LogP contribution in [0.5, 0.6) is 0 Å². The Morgan fingerprint density at radius 2 is 2.22 bits per heavy atom. The summed E-state index contributed by atoms with van der Waals surface area (Å²) in [6.07, 6.45) is 1.22. The summed E-state index contributed by atoms with van der Waals surface area (Å²) < 4.78 is 19.5. The van der Waals surface area contributed by atoms with Gasteiger partial charge in [0.1, 0.15) is 5.82 Å². The topological polar surface area (TPSA) is 55.5 Å². The maximum Gasteiger partial charge on any atom is 0.128 e. The molecule has 100 valence electrons. The zero-order valence-corrected chi connectivity index (χ0v) is 10.6. The predicted molar refractivity (Wildman–Crippen MR) is 67.5 cm³/mol. The Bertz CT molecular complexity index is 413. The average Bonchev–Trinajstić information content (AvgIpc) is 2.67. The molecule has 0 aliphatic heterocycles. The Balaban J connectivity index is 2.31. The number of rotatable bonds is 4. The highest BCUT2D eigenvalue weighted by molar-refractivity contribution is 5.29. The standard InChI is InChI=1S/C14H20FNO2/c1-2-18-11-7-10(9-17)14(16,8-11)12-5-3-4-6-13(12)15/h3-6,10-11,17H,2,7-9,16H2,1H3/t10?,11?,14-/m0/s1. The molecule has 0 saturated heterocycles. The van der Waals surface area contributed by atoms with E-state index in [2.05, 4.69) is 0 Å². The molecular weight excluding hydrogens is 233 g/mol. The number of ether oxygens (including phenoxy) is 1. The summed E-state index contributed by atoms with van der Waals surface area (Å²) in [5.74, 6) is -0.471. The second kappa shape index (κ2) is 5.34. The lowest BCUT2D eigenvalue weighted by Gasteiger charge is -2.31. The number of benzene rings is 1. The average molecular weight is 253 g/mol. The summed E-state index contributed by atoms with van der Waals surface area (Å²) in [5.41, 5.74) is 6.02. The van der Waals surface area contributed by atoms with Crippen LogP contribution in [0, 0.1) is 11.7 Å². The highest BCUT2D eigenvalue weighted by Crippen LogP contribution is 2.43. The third-order valence-electron chi connectivity index (χ3n) is 3.84. The van der Waals surface area contributed by atoms with Gasteiger partial charge in [0.15, 0.2) is 0 Å². The fourth-order valence-electron chi connectivity index (χ4n) is 2.92. The second-order valence-electron chi connectivity index (χ2n) is 4.92. The Morgan fingerprint density at radius 1 is 1.50 bits per heavy atom. The highest BCUT2D eigenvalue weighted by Gasteiger charge is 2.46. The van der Waals surface area contributed by atoms with Gasteiger partial charge < -0.3 is 15.6 Å². The largest absolute Gasteiger partial charge is 0.396 e. The third-order valence-corrected chi connectivity index (χ3v) is 3.84. The van der Waals surface area contributed by atoms with Crippen molar-refractivity contribution in [2.45, 2.75) is 31.4 Å². The van der Waals surface area contributed by atoms with Gasteiger partial charge in [-0.15, -0.1) is 0 Å². The molecule has 1 aliphatic rings. The molecule has 0 amide bonds. The van der Waals surface area contributed by atoms with E-state index in [1.807, 2.05) is 6.92 Å². The molecule has 3 atom stereocenters. The van der Waals surface area contributed by atoms with E-state index in [1.54, 1.807) is 18.2 Å². The first-order valence-electron chi connectivity index (χ1n) is 6.38. The van der Waals surface area contributed by atoms with Crippen molar-refractivity contribution in [3.63, 3.8) is 0 Å². The van der Waals surface area contributed by atoms with Crippen LogP contribution < -0.4 is 5.73 Å². The first-order valence-corrected chi connectivity index (χ1v) is 6.38. The van der Waals surface area contributed by atoms with E-state index in [1.165, 1.54) is 6.07 Å². The van der Waals surface area contributed by atoms with Crippen LogP contribution in [-0.4, -0.2) is 24.4 Å². The van der Waals surface area contributed by atoms with Crippen molar-refractivity contribution < 1.29 is 14.2 Å². The SMILES string of the molecule is CCOC1CC(CO)[C@](N)(c2ccccc2F)C1. The van der Waals surface area contributed by atoms with Crippen LogP contribution >= 0.6 is 0 Å². The summed E-state index contributed by atoms with van der Waals surface area (Å²) in [4.78, 5) is 0. The van der Waals surface area contributed by atoms with Crippen molar-refractivity contribution in [3.8, 4) is 0 Å². The fourth-order valence-corrected chi connectivity index (χ4v) is 2.92. The van der Waals surface area contributed by atoms with E-state index in [0.717, 1.165) is 0 Å². The first-order chi connectivity index (χ1) is 8.61. The van der Waals surface area contributed by atoms with Gasteiger partial charge >= 0.3 is 0 Å². The molecule has 0 heterocycles. The molecule has 3 N–H and O–H groups in total. The monoisotopic (exact) mass is 253 g/mol. The molecule has 0 radical (unpaired) electrons. The van der Waals surface area contributed by atoms with E-state index < -0.39 is 5.54 Å². The molecule has 4 heteroatoms. The molecule has 0 bridgehead atoms. The van der Waals surface area contributed by atoms with Gasteiger partial charge in [0.05, 0.1) is 11.6 Å². The molecular formula is C14H20FNO2. The van der Waals surface area contributed by atoms with E-state index in [9.17, 15) is 9.50 Å². The Labute approximate surface area is 107 Å². The molecule has 3 nitrogen and oxygen atoms in total. The quantitative estimate of drug-likeness (QED) is 0.860. The third kappa shape index (κ3) is 2.28. The number of nitrogens with two attached hydrogens (primary N) is 1. The minimum atomic E-state index is -0.833. The smallest absolute Gasteiger partial charge is 0.128 e. The lowest BCUT2D eigenvalue weighted by atomic mass is 9.81. The number of halogens is 1. The van der Waals surface area contributed by atoms with E-state index in [4.69, 9.17) is 10.5 Å². The van der Waals surface area contributed by atoms with Gasteiger partial charge in [0.2, 0.25) is 0 Å². The number of hydrogen-bond acceptors (Lipinski definition) is 3. The maximum atomic E-state index is 13.9. The summed E-state index contributed by atoms with van der Waals surface area (Å²) in [7, 11) is 0. The zero-order chi connectivity index (χ0) is 13.2. The van der Waals surface area contributed by atoms with E-state index >= 15 is 0 Å². The molecule has 1 aromatic carbocycles. The van der Waals surface area contributed by atoms with Gasteiger partial charge in [-0.2, -0.15) is 0 Å². The number of hydrogen-bond donors (Lipinski definition) is 2. The summed E-state index contributed by atoms with van der Waals surface area (Å²) in [5, 5.41) is 9.48. The van der Waals surface area contributed by atoms with Gasteiger partial charge in [0.25, 0.3) is 0 Å². The van der Waals surface area contributed by atoms with Crippen LogP contribution in [0.1, 0.15) is 25.3 Å². The lowest BCUT2D eigenvalue weighted by molar-refractivity contribution is 0.0612. The van der Waals surface area contributed by atoms with Gasteiger partial charge in [-0.3, -0.25) is 0 Å². The van der Waals surface area contributed by atoms with Gasteiger partial charge in [0, 0.05) is 24.7 Å². The van der Waals surface area contributed by atoms with Crippen LogP contribution in [0.2, 0.25) is 0 Å². The zero-order valence-electron chi connectivity index (χ0n) is 10.6. The fraction of sp³-hybridized carbons (Fsp3) is 0.571. The molecule has 0 spiro atoms. The van der Waals surface area contributed by atoms with Crippen molar-refractivity contribution >= 4 is 0 Å². The lowest BCUT2D eigenvalue weighted by Crippen LogP contribution is -2.43. The summed E-state index contributed by atoms with van der Waals surface area (Å²) in [6, 6.07) is 6.53. The maximum absolute atomic E-state index is 13.9. The van der Waals surface area contributed by atoms with Crippen LogP contribution in [0.25, 0.3) is 0 Å². The summed E-state index contributed by atoms with van der Waals surface area (Å²) >= 11 is 0. The molecule has 0 aromatic heterocycles. The molecule has 18 heavy (non-hydrogen) atoms. The van der Waals surface area contributed by atoms with Crippen molar-refractivity contribution in [3.05, 3.63) is 35.6 Å². The highest BCUT2D eigenvalue weighted by atomic mass is 19.1. The first kappa shape index (κ1) is 13.5. The second-order valence-corrected chi connectivity index (χ2v) is 4.92. The van der Waals surface area contributed by atoms with E-state index in [0.29, 0.717) is 25.0 Å². The van der Waals surface area contributed by atoms with Crippen molar-refractivity contribution in [1.82, 2.24) is 0 Å². The van der Waals surface area contributed by atoms with Crippen LogP contribution in [-0.2, 0) is 10.3 Å². The van der Waals surface area contributed by atoms with Gasteiger partial charge in [-0.05, 0) is 25.8 Å². The minimum absolute atomic E-state index is 0.00300. The van der Waals surface area contributed by atoms with Crippen molar-refractivity contribution in [1.29, 1.82) is 0 Å². The van der Waals surface area contributed by atoms with Crippen LogP contribution in [0.3, 0.4) is 0 Å². The number of aliphatic hydroxyl groups excluding tert-OH is 1. The molecule has 1 aliphatic carbocycles. The Hall–Kier alpha value is -0.970. The van der Waals surface area contributed by atoms with Crippen LogP contribution in [0.15, 0.2) is 24.3 Å². The summed E-state index contributed by atoms with van der Waals surface area (Å²) in [6.45, 7) is 2.48. The number of aliphatic hydroxyl groups is 1. The normalized spacial score (nSPS) is 31.8. The van der Waals surface area contributed by atoms with Crippen LogP contribution in [0.4, 0.5) is 4.39 Å². The molecule has 2 unspecified atom stereocenters. The molecule has 1 fully saturated rings. The Kier molecular flexibility index (Phi) is 4.00. The minimum Gasteiger partial charge on any atom is -0.396 e. The molecule has 1 saturated carbocycles.